The molecule has 5 nitrogen and oxygen atoms in total. The van der Waals surface area contributed by atoms with Crippen molar-refractivity contribution in [3.05, 3.63) is 39.9 Å². The quantitative estimate of drug-likeness (QED) is 0.665. The van der Waals surface area contributed by atoms with E-state index in [9.17, 15) is 10.1 Å². The maximum atomic E-state index is 10.8. The summed E-state index contributed by atoms with van der Waals surface area (Å²) >= 11 is 0. The van der Waals surface area contributed by atoms with Crippen molar-refractivity contribution in [3.8, 4) is 0 Å². The SMILES string of the molecule is O=[N+]([O-])c1cccc(CN2CCC3NCCC3C2)c1. The van der Waals surface area contributed by atoms with Gasteiger partial charge < -0.3 is 5.32 Å². The fraction of sp³-hybridized carbons (Fsp3) is 0.571. The van der Waals surface area contributed by atoms with Crippen LogP contribution in [0.5, 0.6) is 0 Å². The predicted molar refractivity (Wildman–Crippen MR) is 72.9 cm³/mol. The van der Waals surface area contributed by atoms with Crippen LogP contribution >= 0.6 is 0 Å². The molecule has 3 rings (SSSR count). The Morgan fingerprint density at radius 1 is 1.42 bits per heavy atom. The number of non-ortho nitro benzene ring substituents is 1. The second kappa shape index (κ2) is 5.27. The van der Waals surface area contributed by atoms with Crippen molar-refractivity contribution in [1.82, 2.24) is 10.2 Å². The van der Waals surface area contributed by atoms with Crippen LogP contribution in [-0.2, 0) is 6.54 Å². The van der Waals surface area contributed by atoms with Gasteiger partial charge in [0.25, 0.3) is 5.69 Å². The van der Waals surface area contributed by atoms with Gasteiger partial charge in [0.15, 0.2) is 0 Å². The van der Waals surface area contributed by atoms with Gasteiger partial charge in [-0.1, -0.05) is 12.1 Å². The van der Waals surface area contributed by atoms with Crippen LogP contribution in [-0.4, -0.2) is 35.5 Å². The lowest BCUT2D eigenvalue weighted by molar-refractivity contribution is -0.384. The topological polar surface area (TPSA) is 58.4 Å². The lowest BCUT2D eigenvalue weighted by atomic mass is 9.93. The Bertz CT molecular complexity index is 478. The van der Waals surface area contributed by atoms with Gasteiger partial charge in [-0.15, -0.1) is 0 Å². The van der Waals surface area contributed by atoms with Gasteiger partial charge in [0.2, 0.25) is 0 Å². The molecule has 1 aromatic rings. The van der Waals surface area contributed by atoms with E-state index in [2.05, 4.69) is 10.2 Å². The molecule has 2 unspecified atom stereocenters. The summed E-state index contributed by atoms with van der Waals surface area (Å²) in [6, 6.07) is 7.69. The van der Waals surface area contributed by atoms with E-state index in [4.69, 9.17) is 0 Å². The van der Waals surface area contributed by atoms with Crippen molar-refractivity contribution in [2.24, 2.45) is 5.92 Å². The molecule has 0 radical (unpaired) electrons. The van der Waals surface area contributed by atoms with E-state index >= 15 is 0 Å². The van der Waals surface area contributed by atoms with Gasteiger partial charge in [-0.2, -0.15) is 0 Å². The molecule has 2 fully saturated rings. The van der Waals surface area contributed by atoms with Gasteiger partial charge in [-0.05, 0) is 37.4 Å². The minimum atomic E-state index is -0.323. The Kier molecular flexibility index (Phi) is 3.48. The summed E-state index contributed by atoms with van der Waals surface area (Å²) in [7, 11) is 0. The first kappa shape index (κ1) is 12.6. The van der Waals surface area contributed by atoms with E-state index in [1.807, 2.05) is 6.07 Å². The van der Waals surface area contributed by atoms with Gasteiger partial charge >= 0.3 is 0 Å². The average Bonchev–Trinajstić information content (AvgIpc) is 2.86. The molecular weight excluding hydrogens is 242 g/mol. The number of fused-ring (bicyclic) bond motifs is 1. The van der Waals surface area contributed by atoms with Gasteiger partial charge in [0.1, 0.15) is 0 Å². The molecule has 0 amide bonds. The molecule has 102 valence electrons. The molecule has 2 saturated heterocycles. The third kappa shape index (κ3) is 2.77. The molecule has 0 saturated carbocycles. The normalized spacial score (nSPS) is 27.2. The molecule has 1 N–H and O–H groups in total. The number of nitrogens with zero attached hydrogens (tertiary/aromatic N) is 2. The second-order valence-electron chi connectivity index (χ2n) is 5.56. The highest BCUT2D eigenvalue weighted by Crippen LogP contribution is 2.26. The number of likely N-dealkylation sites (tertiary alicyclic amines) is 1. The minimum Gasteiger partial charge on any atom is -0.314 e. The van der Waals surface area contributed by atoms with Crippen LogP contribution in [0.3, 0.4) is 0 Å². The van der Waals surface area contributed by atoms with Gasteiger partial charge in [-0.3, -0.25) is 15.0 Å². The number of nitro benzene ring substituents is 1. The summed E-state index contributed by atoms with van der Waals surface area (Å²) in [5.74, 6) is 0.757. The molecule has 0 bridgehead atoms. The van der Waals surface area contributed by atoms with E-state index in [0.717, 1.165) is 37.7 Å². The van der Waals surface area contributed by atoms with Crippen LogP contribution in [0.2, 0.25) is 0 Å². The molecule has 2 aliphatic rings. The average molecular weight is 261 g/mol. The van der Waals surface area contributed by atoms with Crippen molar-refractivity contribution in [2.45, 2.75) is 25.4 Å². The van der Waals surface area contributed by atoms with Crippen molar-refractivity contribution in [3.63, 3.8) is 0 Å². The van der Waals surface area contributed by atoms with Crippen LogP contribution in [0.25, 0.3) is 0 Å². The lowest BCUT2D eigenvalue weighted by Crippen LogP contribution is -2.43. The van der Waals surface area contributed by atoms with Gasteiger partial charge in [-0.25, -0.2) is 0 Å². The number of hydrogen-bond acceptors (Lipinski definition) is 4. The molecule has 2 heterocycles. The predicted octanol–water partition coefficient (Wildman–Crippen LogP) is 1.78. The Hall–Kier alpha value is -1.46. The number of piperidine rings is 1. The fourth-order valence-corrected chi connectivity index (χ4v) is 3.29. The highest BCUT2D eigenvalue weighted by atomic mass is 16.6. The molecule has 0 spiro atoms. The largest absolute Gasteiger partial charge is 0.314 e. The Morgan fingerprint density at radius 2 is 2.32 bits per heavy atom. The van der Waals surface area contributed by atoms with Gasteiger partial charge in [0, 0.05) is 31.3 Å². The van der Waals surface area contributed by atoms with Crippen LogP contribution < -0.4 is 5.32 Å². The van der Waals surface area contributed by atoms with Crippen LogP contribution in [0, 0.1) is 16.0 Å². The third-order valence-corrected chi connectivity index (χ3v) is 4.27. The molecule has 0 aliphatic carbocycles. The summed E-state index contributed by atoms with van der Waals surface area (Å²) in [4.78, 5) is 12.9. The van der Waals surface area contributed by atoms with Gasteiger partial charge in [0.05, 0.1) is 4.92 Å². The van der Waals surface area contributed by atoms with Crippen LogP contribution in [0.15, 0.2) is 24.3 Å². The number of nitrogens with one attached hydrogen (secondary N) is 1. The summed E-state index contributed by atoms with van der Waals surface area (Å²) in [5, 5.41) is 14.3. The second-order valence-corrected chi connectivity index (χ2v) is 5.56. The zero-order valence-electron chi connectivity index (χ0n) is 10.9. The van der Waals surface area contributed by atoms with Crippen molar-refractivity contribution in [2.75, 3.05) is 19.6 Å². The van der Waals surface area contributed by atoms with E-state index in [1.54, 1.807) is 18.2 Å². The number of rotatable bonds is 3. The summed E-state index contributed by atoms with van der Waals surface area (Å²) in [6.45, 7) is 4.15. The third-order valence-electron chi connectivity index (χ3n) is 4.27. The zero-order valence-corrected chi connectivity index (χ0v) is 10.9. The minimum absolute atomic E-state index is 0.190. The first-order valence-corrected chi connectivity index (χ1v) is 6.91. The van der Waals surface area contributed by atoms with E-state index in [0.29, 0.717) is 6.04 Å². The van der Waals surface area contributed by atoms with Crippen molar-refractivity contribution in [1.29, 1.82) is 0 Å². The molecule has 19 heavy (non-hydrogen) atoms. The van der Waals surface area contributed by atoms with Crippen molar-refractivity contribution >= 4 is 5.69 Å². The number of benzene rings is 1. The Morgan fingerprint density at radius 3 is 3.16 bits per heavy atom. The first-order valence-electron chi connectivity index (χ1n) is 6.91. The standard InChI is InChI=1S/C14H19N3O2/c18-17(19)13-3-1-2-11(8-13)9-16-7-5-14-12(10-16)4-6-15-14/h1-3,8,12,14-15H,4-7,9-10H2. The maximum absolute atomic E-state index is 10.8. The smallest absolute Gasteiger partial charge is 0.269 e. The number of nitro groups is 1. The van der Waals surface area contributed by atoms with Crippen molar-refractivity contribution < 1.29 is 4.92 Å². The summed E-state index contributed by atoms with van der Waals surface area (Å²) in [6.07, 6.45) is 2.45. The maximum Gasteiger partial charge on any atom is 0.269 e. The number of hydrogen-bond donors (Lipinski definition) is 1. The van der Waals surface area contributed by atoms with Crippen LogP contribution in [0.4, 0.5) is 5.69 Å². The summed E-state index contributed by atoms with van der Waals surface area (Å²) < 4.78 is 0. The highest BCUT2D eigenvalue weighted by molar-refractivity contribution is 5.34. The van der Waals surface area contributed by atoms with Crippen LogP contribution in [0.1, 0.15) is 18.4 Å². The lowest BCUT2D eigenvalue weighted by Gasteiger charge is -2.34. The van der Waals surface area contributed by atoms with E-state index in [-0.39, 0.29) is 10.6 Å². The molecule has 2 aliphatic heterocycles. The van der Waals surface area contributed by atoms with E-state index < -0.39 is 0 Å². The molecule has 1 aromatic carbocycles. The Balaban J connectivity index is 1.65. The molecule has 0 aromatic heterocycles. The fourth-order valence-electron chi connectivity index (χ4n) is 3.29. The first-order chi connectivity index (χ1) is 9.22. The molecular formula is C14H19N3O2. The molecule has 5 heteroatoms. The van der Waals surface area contributed by atoms with E-state index in [1.165, 1.54) is 12.8 Å². The molecule has 2 atom stereocenters. The Labute approximate surface area is 112 Å². The zero-order chi connectivity index (χ0) is 13.2. The summed E-state index contributed by atoms with van der Waals surface area (Å²) in [5.41, 5.74) is 1.23. The monoisotopic (exact) mass is 261 g/mol. The highest BCUT2D eigenvalue weighted by Gasteiger charge is 2.32.